The maximum Gasteiger partial charge on any atom is 0.157 e. The van der Waals surface area contributed by atoms with Crippen LogP contribution in [-0.2, 0) is 0 Å². The van der Waals surface area contributed by atoms with Crippen LogP contribution < -0.4 is 26.2 Å². The summed E-state index contributed by atoms with van der Waals surface area (Å²) in [6.45, 7) is 30.2. The summed E-state index contributed by atoms with van der Waals surface area (Å²) in [6, 6.07) is 0. The second-order valence-corrected chi connectivity index (χ2v) is 15.3. The zero-order chi connectivity index (χ0) is 29.2. The smallest absolute Gasteiger partial charge is 0.157 e. The Bertz CT molecular complexity index is 979. The summed E-state index contributed by atoms with van der Waals surface area (Å²) in [4.78, 5) is 14.6. The van der Waals surface area contributed by atoms with Crippen LogP contribution in [-0.4, -0.2) is 185 Å². The monoisotopic (exact) mass is 600 g/mol. The molecule has 4 N–H and O–H groups in total. The summed E-state index contributed by atoms with van der Waals surface area (Å²) in [5, 5.41) is 7.26. The van der Waals surface area contributed by atoms with Gasteiger partial charge in [0.2, 0.25) is 0 Å². The third kappa shape index (κ3) is 6.35. The minimum Gasteiger partial charge on any atom is -0.393 e. The molecule has 11 heteroatoms. The molecular weight excluding hydrogens is 538 g/mol. The molecule has 7 heterocycles. The molecule has 0 amide bonds. The van der Waals surface area contributed by atoms with Gasteiger partial charge < -0.3 is 44.1 Å². The van der Waals surface area contributed by atoms with Crippen LogP contribution in [0.1, 0.15) is 25.7 Å². The average molecular weight is 600 g/mol. The molecule has 0 unspecified atom stereocenters. The van der Waals surface area contributed by atoms with Gasteiger partial charge in [-0.05, 0) is 0 Å². The third-order valence-corrected chi connectivity index (χ3v) is 12.9. The Morgan fingerprint density at radius 3 is 1.30 bits per heavy atom. The van der Waals surface area contributed by atoms with Crippen LogP contribution in [0.25, 0.3) is 0 Å². The Morgan fingerprint density at radius 1 is 0.465 bits per heavy atom. The van der Waals surface area contributed by atoms with Gasteiger partial charge in [-0.3, -0.25) is 0 Å². The number of quaternary nitrogens is 4. The number of nitrogens with zero attached hydrogens (tertiary/aromatic N) is 8. The van der Waals surface area contributed by atoms with Crippen LogP contribution in [0.15, 0.2) is 6.33 Å². The first-order valence-corrected chi connectivity index (χ1v) is 17.9. The van der Waals surface area contributed by atoms with E-state index >= 15 is 0 Å². The first-order chi connectivity index (χ1) is 21.0. The summed E-state index contributed by atoms with van der Waals surface area (Å²) in [5.41, 5.74) is 7.78. The topological polar surface area (TPSA) is 82.3 Å². The van der Waals surface area contributed by atoms with Crippen LogP contribution in [0.5, 0.6) is 0 Å². The van der Waals surface area contributed by atoms with E-state index in [9.17, 15) is 0 Å². The molecular formula is C32H61N11+4. The van der Waals surface area contributed by atoms with Crippen molar-refractivity contribution < 1.29 is 17.9 Å². The van der Waals surface area contributed by atoms with Crippen molar-refractivity contribution in [1.29, 1.82) is 0 Å². The summed E-state index contributed by atoms with van der Waals surface area (Å²) in [7, 11) is 0. The zero-order valence-corrected chi connectivity index (χ0v) is 27.0. The van der Waals surface area contributed by atoms with Gasteiger partial charge in [0.15, 0.2) is 11.6 Å². The molecule has 0 saturated carbocycles. The molecule has 0 aliphatic carbocycles. The Hall–Kier alpha value is -1.76. The van der Waals surface area contributed by atoms with Gasteiger partial charge in [-0.25, -0.2) is 9.97 Å². The van der Waals surface area contributed by atoms with Gasteiger partial charge in [0.25, 0.3) is 0 Å². The minimum atomic E-state index is 0.810. The Labute approximate surface area is 260 Å². The Kier molecular flexibility index (Phi) is 8.74. The molecule has 43 heavy (non-hydrogen) atoms. The predicted molar refractivity (Wildman–Crippen MR) is 174 cm³/mol. The van der Waals surface area contributed by atoms with E-state index in [0.29, 0.717) is 0 Å². The van der Waals surface area contributed by atoms with Gasteiger partial charge in [0.05, 0.1) is 65.4 Å². The molecule has 0 atom stereocenters. The van der Waals surface area contributed by atoms with Gasteiger partial charge in [0.1, 0.15) is 64.4 Å². The molecule has 240 valence electrons. The van der Waals surface area contributed by atoms with Crippen molar-refractivity contribution >= 4 is 17.3 Å². The molecule has 0 aromatic carbocycles. The molecule has 6 aliphatic rings. The van der Waals surface area contributed by atoms with E-state index in [4.69, 9.17) is 15.7 Å². The largest absolute Gasteiger partial charge is 0.393 e. The standard InChI is InChI=1S/C32H61N11/c33-30-31(38-9-3-15-42(19-11-38)25-21-40(22-26-42)13-1-5-34-7-17-40)36-29-37-32(30)39-10-4-16-43(20-12-39)27-23-41(24-28-43)14-2-6-35-8-18-41/h29,34-35H,1-28,33H2/q+4. The number of hydrogen-bond acceptors (Lipinski definition) is 7. The van der Waals surface area contributed by atoms with E-state index in [2.05, 4.69) is 20.4 Å². The van der Waals surface area contributed by atoms with Crippen molar-refractivity contribution in [3.8, 4) is 0 Å². The number of piperazine rings is 2. The van der Waals surface area contributed by atoms with Crippen LogP contribution in [0, 0.1) is 0 Å². The highest BCUT2D eigenvalue weighted by molar-refractivity contribution is 5.75. The summed E-state index contributed by atoms with van der Waals surface area (Å²) in [6.07, 6.45) is 6.90. The molecule has 11 nitrogen and oxygen atoms in total. The van der Waals surface area contributed by atoms with Crippen LogP contribution in [0.3, 0.4) is 0 Å². The van der Waals surface area contributed by atoms with Gasteiger partial charge in [-0.2, -0.15) is 0 Å². The summed E-state index contributed by atoms with van der Waals surface area (Å²) < 4.78 is 5.30. The number of nitrogen functional groups attached to an aromatic ring is 1. The van der Waals surface area contributed by atoms with Gasteiger partial charge in [-0.1, -0.05) is 0 Å². The minimum absolute atomic E-state index is 0.810. The normalized spacial score (nSPS) is 38.1. The number of aromatic nitrogens is 2. The number of nitrogens with two attached hydrogens (primary N) is 1. The van der Waals surface area contributed by atoms with E-state index in [-0.39, 0.29) is 0 Å². The second-order valence-electron chi connectivity index (χ2n) is 15.3. The fraction of sp³-hybridized carbons (Fsp3) is 0.875. The lowest BCUT2D eigenvalue weighted by Crippen LogP contribution is -2.68. The highest BCUT2D eigenvalue weighted by atomic mass is 15.5. The maximum absolute atomic E-state index is 6.97. The van der Waals surface area contributed by atoms with E-state index in [1.54, 1.807) is 6.33 Å². The number of rotatable bonds is 2. The van der Waals surface area contributed by atoms with Crippen LogP contribution >= 0.6 is 0 Å². The van der Waals surface area contributed by atoms with Crippen molar-refractivity contribution in [2.24, 2.45) is 0 Å². The molecule has 1 aromatic rings. The van der Waals surface area contributed by atoms with E-state index in [0.717, 1.165) is 43.5 Å². The lowest BCUT2D eigenvalue weighted by Gasteiger charge is -2.49. The fourth-order valence-corrected chi connectivity index (χ4v) is 9.73. The molecule has 6 aliphatic heterocycles. The molecule has 7 rings (SSSR count). The second kappa shape index (κ2) is 12.6. The molecule has 6 saturated heterocycles. The third-order valence-electron chi connectivity index (χ3n) is 12.9. The first-order valence-electron chi connectivity index (χ1n) is 17.9. The number of anilines is 3. The van der Waals surface area contributed by atoms with E-state index < -0.39 is 0 Å². The molecule has 6 fully saturated rings. The van der Waals surface area contributed by atoms with Crippen LogP contribution in [0.4, 0.5) is 17.3 Å². The lowest BCUT2D eigenvalue weighted by atomic mass is 10.1. The Balaban J connectivity index is 0.975. The van der Waals surface area contributed by atoms with Gasteiger partial charge in [-0.15, -0.1) is 0 Å². The Morgan fingerprint density at radius 2 is 0.860 bits per heavy atom. The molecule has 4 spiro atoms. The van der Waals surface area contributed by atoms with Crippen molar-refractivity contribution in [3.05, 3.63) is 6.33 Å². The van der Waals surface area contributed by atoms with Crippen molar-refractivity contribution in [3.63, 3.8) is 0 Å². The van der Waals surface area contributed by atoms with Crippen molar-refractivity contribution in [2.45, 2.75) is 25.7 Å². The van der Waals surface area contributed by atoms with E-state index in [1.807, 2.05) is 0 Å². The SMILES string of the molecule is Nc1c(N2CCC[N+]3(CC2)CC[N+]2(CCCNCC2)CC3)ncnc1N1CCC[N+]2(CC1)CC[N+]1(CCCNCC1)CC2. The number of nitrogens with one attached hydrogen (secondary N) is 2. The molecule has 1 aromatic heterocycles. The predicted octanol–water partition coefficient (Wildman–Crippen LogP) is -0.240. The maximum atomic E-state index is 6.97. The molecule has 0 bridgehead atoms. The number of hydrogen-bond donors (Lipinski definition) is 3. The van der Waals surface area contributed by atoms with Gasteiger partial charge >= 0.3 is 0 Å². The lowest BCUT2D eigenvalue weighted by molar-refractivity contribution is -1.03. The van der Waals surface area contributed by atoms with Crippen molar-refractivity contribution in [2.75, 3.05) is 173 Å². The van der Waals surface area contributed by atoms with Crippen LogP contribution in [0.2, 0.25) is 0 Å². The van der Waals surface area contributed by atoms with Crippen molar-refractivity contribution in [1.82, 2.24) is 20.6 Å². The quantitative estimate of drug-likeness (QED) is 0.405. The zero-order valence-electron chi connectivity index (χ0n) is 27.0. The highest BCUT2D eigenvalue weighted by Crippen LogP contribution is 2.33. The summed E-state index contributed by atoms with van der Waals surface area (Å²) in [5.74, 6) is 1.97. The fourth-order valence-electron chi connectivity index (χ4n) is 9.73. The average Bonchev–Trinajstić information content (AvgIpc) is 3.56. The molecule has 0 radical (unpaired) electrons. The highest BCUT2D eigenvalue weighted by Gasteiger charge is 2.45. The van der Waals surface area contributed by atoms with E-state index in [1.165, 1.54) is 175 Å². The first kappa shape index (κ1) is 29.9. The summed E-state index contributed by atoms with van der Waals surface area (Å²) >= 11 is 0. The van der Waals surface area contributed by atoms with Gasteiger partial charge in [0, 0.05) is 65.0 Å².